The number of nitrogens with one attached hydrogen (secondary N) is 3. The van der Waals surface area contributed by atoms with Crippen LogP contribution >= 0.6 is 0 Å². The Morgan fingerprint density at radius 2 is 1.88 bits per heavy atom. The van der Waals surface area contributed by atoms with Gasteiger partial charge in [-0.25, -0.2) is 22.6 Å². The van der Waals surface area contributed by atoms with E-state index in [0.717, 1.165) is 6.07 Å². The summed E-state index contributed by atoms with van der Waals surface area (Å²) in [7, 11) is -3.92. The number of rotatable bonds is 11. The van der Waals surface area contributed by atoms with E-state index in [0.29, 0.717) is 29.7 Å². The smallest absolute Gasteiger partial charge is 0.410 e. The first-order valence-electron chi connectivity index (χ1n) is 16.1. The van der Waals surface area contributed by atoms with Crippen molar-refractivity contribution < 1.29 is 41.1 Å². The minimum Gasteiger partial charge on any atom is -0.444 e. The Hall–Kier alpha value is -4.60. The highest BCUT2D eigenvalue weighted by atomic mass is 32.2. The Morgan fingerprint density at radius 3 is 2.49 bits per heavy atom. The summed E-state index contributed by atoms with van der Waals surface area (Å²) in [5, 5.41) is 5.08. The molecular formula is C33H38F2N6O7S. The molecule has 4 aliphatic rings. The number of fused-ring (bicyclic) bond motifs is 1. The predicted octanol–water partition coefficient (Wildman–Crippen LogP) is 2.59. The largest absolute Gasteiger partial charge is 0.444 e. The quantitative estimate of drug-likeness (QED) is 0.236. The molecule has 2 saturated carbocycles. The Morgan fingerprint density at radius 1 is 1.12 bits per heavy atom. The molecule has 1 saturated heterocycles. The lowest BCUT2D eigenvalue weighted by Gasteiger charge is -2.31. The molecule has 0 spiro atoms. The van der Waals surface area contributed by atoms with E-state index in [-0.39, 0.29) is 38.4 Å². The third-order valence-corrected chi connectivity index (χ3v) is 11.4. The van der Waals surface area contributed by atoms with Crippen molar-refractivity contribution >= 4 is 39.5 Å². The maximum Gasteiger partial charge on any atom is 0.410 e. The number of pyridine rings is 1. The molecule has 49 heavy (non-hydrogen) atoms. The van der Waals surface area contributed by atoms with Crippen LogP contribution in [0.3, 0.4) is 0 Å². The van der Waals surface area contributed by atoms with Gasteiger partial charge in [-0.1, -0.05) is 32.1 Å². The lowest BCUT2D eigenvalue weighted by molar-refractivity contribution is -0.140. The maximum atomic E-state index is 14.3. The van der Waals surface area contributed by atoms with E-state index < -0.39 is 80.5 Å². The second-order valence-electron chi connectivity index (χ2n) is 13.4. The number of carbonyl (C=O) groups excluding carboxylic acids is 4. The Bertz CT molecular complexity index is 1790. The minimum absolute atomic E-state index is 0.00446. The highest BCUT2D eigenvalue weighted by Crippen LogP contribution is 2.45. The monoisotopic (exact) mass is 700 g/mol. The second-order valence-corrected chi connectivity index (χ2v) is 15.4. The van der Waals surface area contributed by atoms with Crippen LogP contribution in [0, 0.1) is 23.6 Å². The molecule has 13 nitrogen and oxygen atoms in total. The summed E-state index contributed by atoms with van der Waals surface area (Å²) in [5.41, 5.74) is -0.205. The Kier molecular flexibility index (Phi) is 9.11. The molecule has 5 atom stereocenters. The average Bonchev–Trinajstić information content (AvgIpc) is 3.94. The Labute approximate surface area is 282 Å². The highest BCUT2D eigenvalue weighted by Gasteiger charge is 2.62. The molecule has 4 amide bonds. The minimum atomic E-state index is -3.92. The van der Waals surface area contributed by atoms with Gasteiger partial charge in [-0.2, -0.15) is 4.39 Å². The molecule has 2 aliphatic carbocycles. The van der Waals surface area contributed by atoms with Gasteiger partial charge in [0.1, 0.15) is 29.5 Å². The number of amides is 4. The van der Waals surface area contributed by atoms with E-state index in [4.69, 9.17) is 4.74 Å². The van der Waals surface area contributed by atoms with Crippen molar-refractivity contribution in [3.63, 3.8) is 0 Å². The fourth-order valence-electron chi connectivity index (χ4n) is 6.45. The lowest BCUT2D eigenvalue weighted by Crippen LogP contribution is -2.58. The molecule has 0 radical (unpaired) electrons. The molecule has 1 aromatic heterocycles. The summed E-state index contributed by atoms with van der Waals surface area (Å²) < 4.78 is 60.9. The average molecular weight is 701 g/mol. The number of halogens is 2. The van der Waals surface area contributed by atoms with Gasteiger partial charge in [-0.05, 0) is 48.9 Å². The molecule has 2 aromatic rings. The van der Waals surface area contributed by atoms with Crippen LogP contribution in [-0.4, -0.2) is 82.5 Å². The molecule has 16 heteroatoms. The van der Waals surface area contributed by atoms with E-state index in [1.165, 1.54) is 34.2 Å². The topological polar surface area (TPSA) is 167 Å². The SMILES string of the molecule is C=C[C@@H]1C[C@]1(NC(=O)[C@@H]1C[C@@H](OC(=O)N2Cc3cccc(F)c3C2)CN1C(=O)[C@@H](Nc1ccc(F)nc1)C(C)C)C(=O)NS(=O)(=O)C1CC1. The first kappa shape index (κ1) is 34.3. The van der Waals surface area contributed by atoms with Crippen molar-refractivity contribution in [3.8, 4) is 0 Å². The van der Waals surface area contributed by atoms with Crippen molar-refractivity contribution in [3.05, 3.63) is 72.1 Å². The molecule has 2 aliphatic heterocycles. The van der Waals surface area contributed by atoms with E-state index in [1.54, 1.807) is 26.0 Å². The number of nitrogens with zero attached hydrogens (tertiary/aromatic N) is 3. The van der Waals surface area contributed by atoms with E-state index in [1.807, 2.05) is 0 Å². The van der Waals surface area contributed by atoms with E-state index in [9.17, 15) is 36.4 Å². The van der Waals surface area contributed by atoms with Gasteiger partial charge in [0.25, 0.3) is 5.91 Å². The molecule has 0 bridgehead atoms. The number of carbonyl (C=O) groups is 4. The lowest BCUT2D eigenvalue weighted by atomic mass is 10.0. The van der Waals surface area contributed by atoms with Gasteiger partial charge in [-0.15, -0.1) is 6.58 Å². The third kappa shape index (κ3) is 6.96. The molecule has 262 valence electrons. The number of benzene rings is 1. The van der Waals surface area contributed by atoms with Crippen LogP contribution < -0.4 is 15.4 Å². The van der Waals surface area contributed by atoms with Gasteiger partial charge in [0.15, 0.2) is 0 Å². The van der Waals surface area contributed by atoms with Crippen LogP contribution in [-0.2, 0) is 42.2 Å². The van der Waals surface area contributed by atoms with Gasteiger partial charge in [-0.3, -0.25) is 24.0 Å². The van der Waals surface area contributed by atoms with Crippen LogP contribution in [0.1, 0.15) is 50.7 Å². The van der Waals surface area contributed by atoms with Crippen LogP contribution in [0.25, 0.3) is 0 Å². The molecule has 3 heterocycles. The number of ether oxygens (including phenoxy) is 1. The highest BCUT2D eigenvalue weighted by molar-refractivity contribution is 7.91. The Balaban J connectivity index is 1.22. The van der Waals surface area contributed by atoms with Crippen LogP contribution in [0.2, 0.25) is 0 Å². The van der Waals surface area contributed by atoms with Crippen molar-refractivity contribution in [1.29, 1.82) is 0 Å². The van der Waals surface area contributed by atoms with Gasteiger partial charge in [0.05, 0.1) is 30.2 Å². The van der Waals surface area contributed by atoms with E-state index >= 15 is 0 Å². The number of anilines is 1. The van der Waals surface area contributed by atoms with Gasteiger partial charge < -0.3 is 20.3 Å². The third-order valence-electron chi connectivity index (χ3n) is 9.53. The summed E-state index contributed by atoms with van der Waals surface area (Å²) in [5.74, 6) is -4.19. The van der Waals surface area contributed by atoms with E-state index in [2.05, 4.69) is 26.9 Å². The zero-order valence-corrected chi connectivity index (χ0v) is 27.8. The van der Waals surface area contributed by atoms with Crippen molar-refractivity contribution in [1.82, 2.24) is 24.8 Å². The van der Waals surface area contributed by atoms with Gasteiger partial charge in [0, 0.05) is 24.4 Å². The van der Waals surface area contributed by atoms with Crippen LogP contribution in [0.4, 0.5) is 19.3 Å². The first-order chi connectivity index (χ1) is 23.2. The van der Waals surface area contributed by atoms with Crippen molar-refractivity contribution in [2.75, 3.05) is 11.9 Å². The zero-order chi connectivity index (χ0) is 35.2. The standard InChI is InChI=1S/C33H38F2N6O7S/c1-4-20-13-33(20,31(44)39-49(46,47)23-9-10-23)38-29(42)26-12-22(48-32(45)40-15-19-6-5-7-25(34)24(19)17-40)16-41(26)30(43)28(18(2)3)37-21-8-11-27(35)36-14-21/h4-8,11,14,18,20,22-23,26,28,37H,1,9-10,12-13,15-17H2,2-3H3,(H,38,42)(H,39,44)/t20-,22-,26+,28+,33-/m1/s1. The predicted molar refractivity (Wildman–Crippen MR) is 172 cm³/mol. The van der Waals surface area contributed by atoms with Crippen LogP contribution in [0.5, 0.6) is 0 Å². The molecule has 3 N–H and O–H groups in total. The summed E-state index contributed by atoms with van der Waals surface area (Å²) in [6.45, 7) is 7.21. The second kappa shape index (κ2) is 13.0. The summed E-state index contributed by atoms with van der Waals surface area (Å²) in [6, 6.07) is 4.99. The van der Waals surface area contributed by atoms with Crippen LogP contribution in [0.15, 0.2) is 49.2 Å². The first-order valence-corrected chi connectivity index (χ1v) is 17.7. The number of hydrogen-bond acceptors (Lipinski definition) is 9. The molecule has 0 unspecified atom stereocenters. The zero-order valence-electron chi connectivity index (χ0n) is 27.0. The van der Waals surface area contributed by atoms with Gasteiger partial charge in [0.2, 0.25) is 27.8 Å². The molecule has 6 rings (SSSR count). The fraction of sp³-hybridized carbons (Fsp3) is 0.485. The molecule has 3 fully saturated rings. The summed E-state index contributed by atoms with van der Waals surface area (Å²) >= 11 is 0. The number of aromatic nitrogens is 1. The maximum absolute atomic E-state index is 14.3. The summed E-state index contributed by atoms with van der Waals surface area (Å²) in [4.78, 5) is 61.0. The number of likely N-dealkylation sites (tertiary alicyclic amines) is 1. The fourth-order valence-corrected chi connectivity index (χ4v) is 7.82. The molecule has 1 aromatic carbocycles. The number of hydrogen-bond donors (Lipinski definition) is 3. The van der Waals surface area contributed by atoms with Crippen molar-refractivity contribution in [2.45, 2.75) is 81.6 Å². The normalized spacial score (nSPS) is 25.0. The van der Waals surface area contributed by atoms with Crippen molar-refractivity contribution in [2.24, 2.45) is 11.8 Å². The number of sulfonamides is 1. The summed E-state index contributed by atoms with van der Waals surface area (Å²) in [6.07, 6.45) is 1.83. The molecular weight excluding hydrogens is 662 g/mol. The van der Waals surface area contributed by atoms with Gasteiger partial charge >= 0.3 is 6.09 Å².